The van der Waals surface area contributed by atoms with Crippen molar-refractivity contribution in [1.82, 2.24) is 10.6 Å². The normalized spacial score (nSPS) is 23.7. The van der Waals surface area contributed by atoms with Crippen molar-refractivity contribution in [3.63, 3.8) is 0 Å². The fourth-order valence-electron chi connectivity index (χ4n) is 2.56. The summed E-state index contributed by atoms with van der Waals surface area (Å²) in [4.78, 5) is 0. The van der Waals surface area contributed by atoms with Gasteiger partial charge >= 0.3 is 0 Å². The lowest BCUT2D eigenvalue weighted by molar-refractivity contribution is 0.195. The minimum atomic E-state index is 0.788. The third-order valence-electron chi connectivity index (χ3n) is 3.91. The fraction of sp³-hybridized carbons (Fsp3) is 0.929. The zero-order valence-electron chi connectivity index (χ0n) is 11.8. The average molecular weight is 272 g/mol. The van der Waals surface area contributed by atoms with Crippen LogP contribution in [-0.4, -0.2) is 31.9 Å². The van der Waals surface area contributed by atoms with Crippen molar-refractivity contribution < 1.29 is 4.74 Å². The summed E-state index contributed by atoms with van der Waals surface area (Å²) >= 11 is 5.26. The van der Waals surface area contributed by atoms with Gasteiger partial charge in [0.1, 0.15) is 0 Å². The van der Waals surface area contributed by atoms with E-state index in [1.807, 2.05) is 0 Å². The van der Waals surface area contributed by atoms with Crippen LogP contribution in [0.4, 0.5) is 0 Å². The van der Waals surface area contributed by atoms with E-state index in [0.29, 0.717) is 0 Å². The number of nitrogens with one attached hydrogen (secondary N) is 2. The molecule has 0 unspecified atom stereocenters. The van der Waals surface area contributed by atoms with Crippen molar-refractivity contribution in [2.24, 2.45) is 11.8 Å². The van der Waals surface area contributed by atoms with Gasteiger partial charge in [-0.25, -0.2) is 0 Å². The van der Waals surface area contributed by atoms with E-state index in [0.717, 1.165) is 43.1 Å². The van der Waals surface area contributed by atoms with Gasteiger partial charge in [0.05, 0.1) is 0 Å². The van der Waals surface area contributed by atoms with E-state index >= 15 is 0 Å². The van der Waals surface area contributed by atoms with Gasteiger partial charge in [-0.3, -0.25) is 0 Å². The molecule has 0 radical (unpaired) electrons. The molecule has 1 aliphatic rings. The first-order valence-electron chi connectivity index (χ1n) is 7.26. The predicted octanol–water partition coefficient (Wildman–Crippen LogP) is 2.70. The van der Waals surface area contributed by atoms with E-state index in [1.165, 1.54) is 32.1 Å². The SMILES string of the molecule is CCC1CCC(CNC(=S)NCCCOC)CC1. The highest BCUT2D eigenvalue weighted by Crippen LogP contribution is 2.29. The molecule has 18 heavy (non-hydrogen) atoms. The Hall–Kier alpha value is -0.350. The van der Waals surface area contributed by atoms with Crippen LogP contribution >= 0.6 is 12.2 Å². The second-order valence-electron chi connectivity index (χ2n) is 5.28. The van der Waals surface area contributed by atoms with Gasteiger partial charge in [0, 0.05) is 26.8 Å². The van der Waals surface area contributed by atoms with Gasteiger partial charge in [-0.2, -0.15) is 0 Å². The minimum Gasteiger partial charge on any atom is -0.385 e. The number of hydrogen-bond acceptors (Lipinski definition) is 2. The first-order valence-corrected chi connectivity index (χ1v) is 7.67. The van der Waals surface area contributed by atoms with Crippen molar-refractivity contribution in [3.8, 4) is 0 Å². The van der Waals surface area contributed by atoms with Gasteiger partial charge in [-0.15, -0.1) is 0 Å². The molecule has 106 valence electrons. The summed E-state index contributed by atoms with van der Waals surface area (Å²) in [6, 6.07) is 0. The highest BCUT2D eigenvalue weighted by molar-refractivity contribution is 7.80. The lowest BCUT2D eigenvalue weighted by atomic mass is 9.81. The van der Waals surface area contributed by atoms with Gasteiger partial charge in [0.15, 0.2) is 5.11 Å². The van der Waals surface area contributed by atoms with Gasteiger partial charge in [0.25, 0.3) is 0 Å². The third kappa shape index (κ3) is 6.55. The summed E-state index contributed by atoms with van der Waals surface area (Å²) in [5.74, 6) is 1.78. The van der Waals surface area contributed by atoms with Gasteiger partial charge < -0.3 is 15.4 Å². The third-order valence-corrected chi connectivity index (χ3v) is 4.19. The van der Waals surface area contributed by atoms with Gasteiger partial charge in [0.2, 0.25) is 0 Å². The van der Waals surface area contributed by atoms with Crippen LogP contribution in [0.5, 0.6) is 0 Å². The van der Waals surface area contributed by atoms with Crippen LogP contribution in [0.1, 0.15) is 45.4 Å². The number of rotatable bonds is 7. The van der Waals surface area contributed by atoms with Crippen molar-refractivity contribution in [2.75, 3.05) is 26.8 Å². The van der Waals surface area contributed by atoms with Crippen molar-refractivity contribution in [3.05, 3.63) is 0 Å². The molecular weight excluding hydrogens is 244 g/mol. The second kappa shape index (κ2) is 9.56. The number of hydrogen-bond donors (Lipinski definition) is 2. The van der Waals surface area contributed by atoms with Crippen LogP contribution in [0, 0.1) is 11.8 Å². The monoisotopic (exact) mass is 272 g/mol. The van der Waals surface area contributed by atoms with E-state index in [9.17, 15) is 0 Å². The highest BCUT2D eigenvalue weighted by Gasteiger charge is 2.19. The summed E-state index contributed by atoms with van der Waals surface area (Å²) < 4.78 is 5.00. The summed E-state index contributed by atoms with van der Waals surface area (Å²) in [6.45, 7) is 5.02. The topological polar surface area (TPSA) is 33.3 Å². The van der Waals surface area contributed by atoms with Crippen LogP contribution < -0.4 is 10.6 Å². The molecule has 4 heteroatoms. The smallest absolute Gasteiger partial charge is 0.166 e. The van der Waals surface area contributed by atoms with Crippen molar-refractivity contribution in [2.45, 2.75) is 45.4 Å². The lowest BCUT2D eigenvalue weighted by Crippen LogP contribution is -2.39. The molecule has 1 saturated carbocycles. The Morgan fingerprint density at radius 3 is 2.44 bits per heavy atom. The lowest BCUT2D eigenvalue weighted by Gasteiger charge is -2.28. The molecule has 0 aromatic heterocycles. The Kier molecular flexibility index (Phi) is 8.34. The molecule has 3 nitrogen and oxygen atoms in total. The van der Waals surface area contributed by atoms with Crippen molar-refractivity contribution in [1.29, 1.82) is 0 Å². The molecular formula is C14H28N2OS. The zero-order chi connectivity index (χ0) is 13.2. The number of ether oxygens (including phenoxy) is 1. The summed E-state index contributed by atoms with van der Waals surface area (Å²) in [5.41, 5.74) is 0. The maximum atomic E-state index is 5.26. The Bertz CT molecular complexity index is 228. The average Bonchev–Trinajstić information content (AvgIpc) is 2.42. The molecule has 2 N–H and O–H groups in total. The minimum absolute atomic E-state index is 0.788. The predicted molar refractivity (Wildman–Crippen MR) is 80.8 cm³/mol. The number of methoxy groups -OCH3 is 1. The summed E-state index contributed by atoms with van der Waals surface area (Å²) in [6.07, 6.45) is 7.86. The molecule has 0 aromatic rings. The van der Waals surface area contributed by atoms with Crippen LogP contribution in [0.25, 0.3) is 0 Å². The van der Waals surface area contributed by atoms with Crippen LogP contribution in [0.15, 0.2) is 0 Å². The molecule has 0 spiro atoms. The maximum absolute atomic E-state index is 5.26. The molecule has 0 atom stereocenters. The highest BCUT2D eigenvalue weighted by atomic mass is 32.1. The van der Waals surface area contributed by atoms with Crippen LogP contribution in [0.2, 0.25) is 0 Å². The standard InChI is InChI=1S/C14H28N2OS/c1-3-12-5-7-13(8-6-12)11-16-14(18)15-9-4-10-17-2/h12-13H,3-11H2,1-2H3,(H2,15,16,18). The first kappa shape index (κ1) is 15.7. The van der Waals surface area contributed by atoms with E-state index < -0.39 is 0 Å². The molecule has 0 aromatic carbocycles. The van der Waals surface area contributed by atoms with E-state index in [2.05, 4.69) is 17.6 Å². The van der Waals surface area contributed by atoms with E-state index in [-0.39, 0.29) is 0 Å². The zero-order valence-corrected chi connectivity index (χ0v) is 12.7. The second-order valence-corrected chi connectivity index (χ2v) is 5.69. The van der Waals surface area contributed by atoms with Crippen LogP contribution in [0.3, 0.4) is 0 Å². The fourth-order valence-corrected chi connectivity index (χ4v) is 2.75. The molecule has 1 aliphatic carbocycles. The molecule has 1 fully saturated rings. The first-order chi connectivity index (χ1) is 8.76. The van der Waals surface area contributed by atoms with E-state index in [4.69, 9.17) is 17.0 Å². The number of thiocarbonyl (C=S) groups is 1. The molecule has 0 bridgehead atoms. The Labute approximate surface area is 117 Å². The molecule has 0 amide bonds. The van der Waals surface area contributed by atoms with Crippen molar-refractivity contribution >= 4 is 17.3 Å². The molecule has 0 aliphatic heterocycles. The Morgan fingerprint density at radius 2 is 1.83 bits per heavy atom. The maximum Gasteiger partial charge on any atom is 0.166 e. The van der Waals surface area contributed by atoms with Gasteiger partial charge in [-0.05, 0) is 43.3 Å². The van der Waals surface area contributed by atoms with Crippen LogP contribution in [-0.2, 0) is 4.74 Å². The Balaban J connectivity index is 2.01. The molecule has 1 rings (SSSR count). The molecule has 0 saturated heterocycles. The van der Waals surface area contributed by atoms with Gasteiger partial charge in [-0.1, -0.05) is 26.2 Å². The summed E-state index contributed by atoms with van der Waals surface area (Å²) in [5, 5.41) is 7.35. The van der Waals surface area contributed by atoms with E-state index in [1.54, 1.807) is 7.11 Å². The summed E-state index contributed by atoms with van der Waals surface area (Å²) in [7, 11) is 1.73. The Morgan fingerprint density at radius 1 is 1.17 bits per heavy atom. The largest absolute Gasteiger partial charge is 0.385 e. The molecule has 0 heterocycles. The quantitative estimate of drug-likeness (QED) is 0.551.